The van der Waals surface area contributed by atoms with Crippen LogP contribution in [0, 0.1) is 6.92 Å². The Balaban J connectivity index is 1.99. The van der Waals surface area contributed by atoms with E-state index in [9.17, 15) is 4.79 Å². The van der Waals surface area contributed by atoms with Gasteiger partial charge in [-0.15, -0.1) is 0 Å². The maximum atomic E-state index is 11.8. The molecule has 1 atom stereocenters. The van der Waals surface area contributed by atoms with Crippen molar-refractivity contribution in [3.8, 4) is 0 Å². The minimum Gasteiger partial charge on any atom is -0.346 e. The zero-order valence-corrected chi connectivity index (χ0v) is 10.5. The van der Waals surface area contributed by atoms with Crippen molar-refractivity contribution in [2.24, 2.45) is 0 Å². The van der Waals surface area contributed by atoms with Gasteiger partial charge in [-0.1, -0.05) is 0 Å². The Morgan fingerprint density at radius 2 is 2.53 bits per heavy atom. The molecule has 2 N–H and O–H groups in total. The number of aromatic amines is 1. The maximum Gasteiger partial charge on any atom is 0.236 e. The van der Waals surface area contributed by atoms with Crippen LogP contribution in [0.2, 0.25) is 0 Å². The van der Waals surface area contributed by atoms with E-state index in [1.54, 1.807) is 7.05 Å². The zero-order valence-electron chi connectivity index (χ0n) is 10.5. The van der Waals surface area contributed by atoms with E-state index in [-0.39, 0.29) is 5.91 Å². The van der Waals surface area contributed by atoms with Crippen LogP contribution in [0.25, 0.3) is 0 Å². The number of imidazole rings is 1. The molecule has 5 heteroatoms. The zero-order chi connectivity index (χ0) is 12.3. The number of nitrogens with zero attached hydrogens (tertiary/aromatic N) is 2. The predicted molar refractivity (Wildman–Crippen MR) is 65.8 cm³/mol. The number of carbonyl (C=O) groups excluding carboxylic acids is 1. The Kier molecular flexibility index (Phi) is 3.78. The summed E-state index contributed by atoms with van der Waals surface area (Å²) in [6.45, 7) is 4.08. The van der Waals surface area contributed by atoms with Crippen LogP contribution in [0.5, 0.6) is 0 Å². The number of carbonyl (C=O) groups is 1. The van der Waals surface area contributed by atoms with Crippen molar-refractivity contribution >= 4 is 5.91 Å². The van der Waals surface area contributed by atoms with Crippen molar-refractivity contribution in [3.63, 3.8) is 0 Å². The van der Waals surface area contributed by atoms with Gasteiger partial charge in [0.25, 0.3) is 0 Å². The number of hydrogen-bond acceptors (Lipinski definition) is 3. The van der Waals surface area contributed by atoms with Gasteiger partial charge in [0, 0.05) is 30.9 Å². The fraction of sp³-hybridized carbons (Fsp3) is 0.667. The fourth-order valence-electron chi connectivity index (χ4n) is 2.33. The summed E-state index contributed by atoms with van der Waals surface area (Å²) in [5, 5.41) is 2.91. The summed E-state index contributed by atoms with van der Waals surface area (Å²) in [5.41, 5.74) is 1.08. The fourth-order valence-corrected chi connectivity index (χ4v) is 2.33. The van der Waals surface area contributed by atoms with Crippen molar-refractivity contribution in [1.29, 1.82) is 0 Å². The Bertz CT molecular complexity index is 388. The lowest BCUT2D eigenvalue weighted by atomic mass is 9.97. The Morgan fingerprint density at radius 1 is 1.71 bits per heavy atom. The lowest BCUT2D eigenvalue weighted by Gasteiger charge is -2.31. The van der Waals surface area contributed by atoms with Crippen LogP contribution < -0.4 is 5.32 Å². The quantitative estimate of drug-likeness (QED) is 0.810. The smallest absolute Gasteiger partial charge is 0.236 e. The molecule has 2 heterocycles. The summed E-state index contributed by atoms with van der Waals surface area (Å²) in [6, 6.07) is 0. The van der Waals surface area contributed by atoms with Crippen molar-refractivity contribution in [2.75, 3.05) is 26.7 Å². The molecule has 0 aliphatic carbocycles. The molecular formula is C12H20N4O. The SMILES string of the molecule is CNCC(=O)N1CCC[C@@H](c2ncc(C)[nH]2)C1. The molecule has 1 aliphatic heterocycles. The Hall–Kier alpha value is -1.36. The van der Waals surface area contributed by atoms with Gasteiger partial charge in [-0.3, -0.25) is 4.79 Å². The number of piperidine rings is 1. The molecule has 17 heavy (non-hydrogen) atoms. The van der Waals surface area contributed by atoms with Gasteiger partial charge in [-0.05, 0) is 26.8 Å². The molecule has 5 nitrogen and oxygen atoms in total. The molecule has 1 fully saturated rings. The number of amides is 1. The van der Waals surface area contributed by atoms with E-state index in [2.05, 4.69) is 15.3 Å². The maximum absolute atomic E-state index is 11.8. The molecule has 0 radical (unpaired) electrons. The van der Waals surface area contributed by atoms with E-state index in [0.29, 0.717) is 12.5 Å². The summed E-state index contributed by atoms with van der Waals surface area (Å²) in [4.78, 5) is 21.4. The van der Waals surface area contributed by atoms with Crippen LogP contribution >= 0.6 is 0 Å². The van der Waals surface area contributed by atoms with Gasteiger partial charge in [0.05, 0.1) is 6.54 Å². The number of nitrogens with one attached hydrogen (secondary N) is 2. The summed E-state index contributed by atoms with van der Waals surface area (Å²) in [6.07, 6.45) is 4.01. The number of hydrogen-bond donors (Lipinski definition) is 2. The second-order valence-electron chi connectivity index (χ2n) is 4.66. The van der Waals surface area contributed by atoms with Crippen molar-refractivity contribution in [1.82, 2.24) is 20.2 Å². The van der Waals surface area contributed by atoms with Gasteiger partial charge in [-0.25, -0.2) is 4.98 Å². The predicted octanol–water partition coefficient (Wildman–Crippen LogP) is 0.644. The molecule has 0 spiro atoms. The van der Waals surface area contributed by atoms with Crippen LogP contribution in [0.1, 0.15) is 30.3 Å². The lowest BCUT2D eigenvalue weighted by Crippen LogP contribution is -2.43. The van der Waals surface area contributed by atoms with Crippen LogP contribution in [-0.4, -0.2) is 47.5 Å². The minimum atomic E-state index is 0.181. The molecule has 2 rings (SSSR count). The van der Waals surface area contributed by atoms with Gasteiger partial charge in [0.2, 0.25) is 5.91 Å². The third-order valence-electron chi connectivity index (χ3n) is 3.21. The van der Waals surface area contributed by atoms with E-state index in [1.165, 1.54) is 0 Å². The molecule has 1 aromatic rings. The summed E-state index contributed by atoms with van der Waals surface area (Å²) < 4.78 is 0. The second-order valence-corrected chi connectivity index (χ2v) is 4.66. The van der Waals surface area contributed by atoms with Gasteiger partial charge in [0.1, 0.15) is 5.82 Å². The first-order valence-corrected chi connectivity index (χ1v) is 6.14. The van der Waals surface area contributed by atoms with Crippen LogP contribution in [0.3, 0.4) is 0 Å². The molecular weight excluding hydrogens is 216 g/mol. The van der Waals surface area contributed by atoms with Crippen LogP contribution in [0.4, 0.5) is 0 Å². The number of aromatic nitrogens is 2. The first-order chi connectivity index (χ1) is 8.20. The Labute approximate surface area is 102 Å². The van der Waals surface area contributed by atoms with Crippen molar-refractivity contribution < 1.29 is 4.79 Å². The molecule has 1 aromatic heterocycles. The lowest BCUT2D eigenvalue weighted by molar-refractivity contribution is -0.131. The molecule has 0 bridgehead atoms. The number of likely N-dealkylation sites (tertiary alicyclic amines) is 1. The summed E-state index contributed by atoms with van der Waals surface area (Å²) in [5.74, 6) is 1.56. The molecule has 1 amide bonds. The van der Waals surface area contributed by atoms with E-state index < -0.39 is 0 Å². The normalized spacial score (nSPS) is 20.6. The summed E-state index contributed by atoms with van der Waals surface area (Å²) >= 11 is 0. The minimum absolute atomic E-state index is 0.181. The van der Waals surface area contributed by atoms with Crippen molar-refractivity contribution in [2.45, 2.75) is 25.7 Å². The second kappa shape index (κ2) is 5.31. The molecule has 0 unspecified atom stereocenters. The molecule has 0 saturated carbocycles. The van der Waals surface area contributed by atoms with Gasteiger partial charge < -0.3 is 15.2 Å². The van der Waals surface area contributed by atoms with E-state index in [4.69, 9.17) is 0 Å². The van der Waals surface area contributed by atoms with Gasteiger partial charge in [0.15, 0.2) is 0 Å². The number of aryl methyl sites for hydroxylation is 1. The van der Waals surface area contributed by atoms with Crippen LogP contribution in [-0.2, 0) is 4.79 Å². The largest absolute Gasteiger partial charge is 0.346 e. The first kappa shape index (κ1) is 12.1. The van der Waals surface area contributed by atoms with Gasteiger partial charge >= 0.3 is 0 Å². The average Bonchev–Trinajstić information content (AvgIpc) is 2.76. The number of H-pyrrole nitrogens is 1. The Morgan fingerprint density at radius 3 is 3.18 bits per heavy atom. The highest BCUT2D eigenvalue weighted by molar-refractivity contribution is 5.78. The molecule has 1 aliphatic rings. The topological polar surface area (TPSA) is 61.0 Å². The highest BCUT2D eigenvalue weighted by atomic mass is 16.2. The average molecular weight is 236 g/mol. The van der Waals surface area contributed by atoms with E-state index in [1.807, 2.05) is 18.0 Å². The van der Waals surface area contributed by atoms with Gasteiger partial charge in [-0.2, -0.15) is 0 Å². The van der Waals surface area contributed by atoms with Crippen LogP contribution in [0.15, 0.2) is 6.20 Å². The monoisotopic (exact) mass is 236 g/mol. The summed E-state index contributed by atoms with van der Waals surface area (Å²) in [7, 11) is 1.80. The molecule has 1 saturated heterocycles. The highest BCUT2D eigenvalue weighted by Gasteiger charge is 2.25. The van der Waals surface area contributed by atoms with E-state index >= 15 is 0 Å². The third-order valence-corrected chi connectivity index (χ3v) is 3.21. The van der Waals surface area contributed by atoms with Crippen molar-refractivity contribution in [3.05, 3.63) is 17.7 Å². The third kappa shape index (κ3) is 2.85. The number of rotatable bonds is 3. The highest BCUT2D eigenvalue weighted by Crippen LogP contribution is 2.24. The number of likely N-dealkylation sites (N-methyl/N-ethyl adjacent to an activating group) is 1. The standard InChI is InChI=1S/C12H20N4O/c1-9-6-14-12(15-9)10-4-3-5-16(8-10)11(17)7-13-2/h6,10,13H,3-5,7-8H2,1-2H3,(H,14,15)/t10-/m1/s1. The molecule has 0 aromatic carbocycles. The van der Waals surface area contributed by atoms with E-state index in [0.717, 1.165) is 37.4 Å². The first-order valence-electron chi connectivity index (χ1n) is 6.14. The molecule has 94 valence electrons.